The predicted molar refractivity (Wildman–Crippen MR) is 65.6 cm³/mol. The van der Waals surface area contributed by atoms with Crippen molar-refractivity contribution in [1.29, 1.82) is 0 Å². The maximum atomic E-state index is 11.8. The van der Waals surface area contributed by atoms with Crippen LogP contribution in [0.25, 0.3) is 0 Å². The second-order valence-corrected chi connectivity index (χ2v) is 5.73. The summed E-state index contributed by atoms with van der Waals surface area (Å²) in [6.45, 7) is 1.59. The number of nitrogens with zero attached hydrogens (tertiary/aromatic N) is 1. The Morgan fingerprint density at radius 1 is 1.25 bits per heavy atom. The molecule has 2 fully saturated rings. The van der Waals surface area contributed by atoms with E-state index in [0.29, 0.717) is 5.92 Å². The van der Waals surface area contributed by atoms with Gasteiger partial charge in [-0.15, -0.1) is 0 Å². The molecule has 0 spiro atoms. The van der Waals surface area contributed by atoms with Gasteiger partial charge in [0.05, 0.1) is 6.17 Å². The fourth-order valence-electron chi connectivity index (χ4n) is 2.83. The zero-order valence-corrected chi connectivity index (χ0v) is 10.8. The standard InChI is InChI=1S/C11H18Cl2N2O/c12-9(13)11(16)15-7-6-14-10(15)8-4-2-1-3-5-8/h8-10,14H,1-7H2. The van der Waals surface area contributed by atoms with E-state index in [2.05, 4.69) is 5.32 Å². The zero-order valence-electron chi connectivity index (χ0n) is 9.29. The molecule has 0 aromatic carbocycles. The van der Waals surface area contributed by atoms with Gasteiger partial charge in [0.2, 0.25) is 0 Å². The number of amides is 1. The third kappa shape index (κ3) is 2.63. The number of carbonyl (C=O) groups is 1. The molecule has 0 aromatic rings. The summed E-state index contributed by atoms with van der Waals surface area (Å²) in [6, 6.07) is 0. The Morgan fingerprint density at radius 2 is 1.94 bits per heavy atom. The molecule has 5 heteroatoms. The van der Waals surface area contributed by atoms with Gasteiger partial charge >= 0.3 is 0 Å². The summed E-state index contributed by atoms with van der Waals surface area (Å²) in [5.74, 6) is 0.427. The molecule has 1 unspecified atom stereocenters. The average molecular weight is 265 g/mol. The van der Waals surface area contributed by atoms with Gasteiger partial charge in [0.15, 0.2) is 4.84 Å². The number of carbonyl (C=O) groups excluding carboxylic acids is 1. The van der Waals surface area contributed by atoms with Crippen LogP contribution in [0, 0.1) is 5.92 Å². The van der Waals surface area contributed by atoms with Crippen molar-refractivity contribution in [3.05, 3.63) is 0 Å². The molecule has 3 nitrogen and oxygen atoms in total. The molecular formula is C11H18Cl2N2O. The van der Waals surface area contributed by atoms with Gasteiger partial charge in [0, 0.05) is 13.1 Å². The SMILES string of the molecule is O=C(C(Cl)Cl)N1CCNC1C1CCCCC1. The molecular weight excluding hydrogens is 247 g/mol. The molecule has 2 rings (SSSR count). The zero-order chi connectivity index (χ0) is 11.5. The highest BCUT2D eigenvalue weighted by molar-refractivity contribution is 6.53. The molecule has 16 heavy (non-hydrogen) atoms. The second-order valence-electron chi connectivity index (χ2n) is 4.63. The van der Waals surface area contributed by atoms with E-state index in [-0.39, 0.29) is 12.1 Å². The first-order valence-corrected chi connectivity index (χ1v) is 6.89. The van der Waals surface area contributed by atoms with E-state index in [1.54, 1.807) is 0 Å². The lowest BCUT2D eigenvalue weighted by Gasteiger charge is -2.33. The van der Waals surface area contributed by atoms with Crippen LogP contribution < -0.4 is 5.32 Å². The number of rotatable bonds is 2. The summed E-state index contributed by atoms with van der Waals surface area (Å²) in [5, 5.41) is 3.40. The first-order chi connectivity index (χ1) is 7.70. The summed E-state index contributed by atoms with van der Waals surface area (Å²) in [6.07, 6.45) is 6.44. The van der Waals surface area contributed by atoms with E-state index in [9.17, 15) is 4.79 Å². The maximum Gasteiger partial charge on any atom is 0.257 e. The Bertz CT molecular complexity index is 254. The molecule has 1 amide bonds. The van der Waals surface area contributed by atoms with Gasteiger partial charge < -0.3 is 4.90 Å². The Morgan fingerprint density at radius 3 is 2.56 bits per heavy atom. The van der Waals surface area contributed by atoms with Crippen LogP contribution in [0.4, 0.5) is 0 Å². The average Bonchev–Trinajstić information content (AvgIpc) is 2.77. The van der Waals surface area contributed by atoms with Crippen LogP contribution in [-0.4, -0.2) is 34.9 Å². The first kappa shape index (κ1) is 12.5. The highest BCUT2D eigenvalue weighted by atomic mass is 35.5. The highest BCUT2D eigenvalue weighted by Crippen LogP contribution is 2.30. The van der Waals surface area contributed by atoms with Crippen molar-refractivity contribution in [1.82, 2.24) is 10.2 Å². The maximum absolute atomic E-state index is 11.8. The van der Waals surface area contributed by atoms with Gasteiger partial charge in [-0.05, 0) is 18.8 Å². The lowest BCUT2D eigenvalue weighted by molar-refractivity contribution is -0.131. The van der Waals surface area contributed by atoms with Crippen LogP contribution >= 0.6 is 23.2 Å². The van der Waals surface area contributed by atoms with Crippen molar-refractivity contribution in [3.63, 3.8) is 0 Å². The lowest BCUT2D eigenvalue weighted by Crippen LogP contribution is -2.47. The molecule has 0 radical (unpaired) electrons. The summed E-state index contributed by atoms with van der Waals surface area (Å²) < 4.78 is 0. The fourth-order valence-corrected chi connectivity index (χ4v) is 3.08. The monoisotopic (exact) mass is 264 g/mol. The van der Waals surface area contributed by atoms with Crippen molar-refractivity contribution in [3.8, 4) is 0 Å². The van der Waals surface area contributed by atoms with Crippen LogP contribution in [0.5, 0.6) is 0 Å². The molecule has 1 atom stereocenters. The summed E-state index contributed by atoms with van der Waals surface area (Å²) in [7, 11) is 0. The number of nitrogens with one attached hydrogen (secondary N) is 1. The highest BCUT2D eigenvalue weighted by Gasteiger charge is 2.36. The minimum Gasteiger partial charge on any atom is -0.323 e. The molecule has 1 N–H and O–H groups in total. The van der Waals surface area contributed by atoms with Crippen molar-refractivity contribution in [2.75, 3.05) is 13.1 Å². The third-order valence-electron chi connectivity index (χ3n) is 3.61. The molecule has 0 aromatic heterocycles. The molecule has 0 bridgehead atoms. The van der Waals surface area contributed by atoms with Crippen LogP contribution in [0.15, 0.2) is 0 Å². The van der Waals surface area contributed by atoms with Crippen molar-refractivity contribution in [2.45, 2.75) is 43.1 Å². The molecule has 1 saturated carbocycles. The summed E-state index contributed by atoms with van der Waals surface area (Å²) >= 11 is 11.3. The largest absolute Gasteiger partial charge is 0.323 e. The molecule has 92 valence electrons. The Balaban J connectivity index is 1.99. The van der Waals surface area contributed by atoms with Crippen molar-refractivity contribution in [2.24, 2.45) is 5.92 Å². The van der Waals surface area contributed by atoms with Gasteiger partial charge in [-0.1, -0.05) is 42.5 Å². The van der Waals surface area contributed by atoms with Gasteiger partial charge in [0.1, 0.15) is 0 Å². The van der Waals surface area contributed by atoms with Crippen molar-refractivity contribution >= 4 is 29.1 Å². The van der Waals surface area contributed by atoms with Crippen LogP contribution in [0.2, 0.25) is 0 Å². The van der Waals surface area contributed by atoms with Gasteiger partial charge in [-0.3, -0.25) is 10.1 Å². The lowest BCUT2D eigenvalue weighted by atomic mass is 9.87. The van der Waals surface area contributed by atoms with E-state index in [1.807, 2.05) is 4.90 Å². The minimum atomic E-state index is -0.925. The van der Waals surface area contributed by atoms with Gasteiger partial charge in [-0.2, -0.15) is 0 Å². The topological polar surface area (TPSA) is 32.3 Å². The number of halogens is 2. The second kappa shape index (κ2) is 5.56. The third-order valence-corrected chi connectivity index (χ3v) is 3.98. The molecule has 1 saturated heterocycles. The van der Waals surface area contributed by atoms with Crippen LogP contribution in [-0.2, 0) is 4.79 Å². The van der Waals surface area contributed by atoms with E-state index >= 15 is 0 Å². The normalized spacial score (nSPS) is 27.7. The number of alkyl halides is 2. The van der Waals surface area contributed by atoms with E-state index in [4.69, 9.17) is 23.2 Å². The first-order valence-electron chi connectivity index (χ1n) is 6.02. The number of hydrogen-bond donors (Lipinski definition) is 1. The Kier molecular flexibility index (Phi) is 4.34. The van der Waals surface area contributed by atoms with Crippen molar-refractivity contribution < 1.29 is 4.79 Å². The smallest absolute Gasteiger partial charge is 0.257 e. The fraction of sp³-hybridized carbons (Fsp3) is 0.909. The van der Waals surface area contributed by atoms with Gasteiger partial charge in [0.25, 0.3) is 5.91 Å². The predicted octanol–water partition coefficient (Wildman–Crippen LogP) is 2.13. The minimum absolute atomic E-state index is 0.149. The van der Waals surface area contributed by atoms with Crippen LogP contribution in [0.1, 0.15) is 32.1 Å². The van der Waals surface area contributed by atoms with Crippen LogP contribution in [0.3, 0.4) is 0 Å². The van der Waals surface area contributed by atoms with E-state index in [1.165, 1.54) is 32.1 Å². The quantitative estimate of drug-likeness (QED) is 0.776. The molecule has 2 aliphatic rings. The van der Waals surface area contributed by atoms with E-state index < -0.39 is 4.84 Å². The summed E-state index contributed by atoms with van der Waals surface area (Å²) in [5.41, 5.74) is 0. The summed E-state index contributed by atoms with van der Waals surface area (Å²) in [4.78, 5) is 12.7. The number of hydrogen-bond acceptors (Lipinski definition) is 2. The Labute approximate surface area is 106 Å². The van der Waals surface area contributed by atoms with E-state index in [0.717, 1.165) is 13.1 Å². The molecule has 1 aliphatic heterocycles. The molecule has 1 heterocycles. The Hall–Kier alpha value is 0.01000. The van der Waals surface area contributed by atoms with Gasteiger partial charge in [-0.25, -0.2) is 0 Å². The molecule has 1 aliphatic carbocycles.